The molecule has 2 aromatic rings. The van der Waals surface area contributed by atoms with Crippen molar-refractivity contribution in [1.82, 2.24) is 9.31 Å². The van der Waals surface area contributed by atoms with Gasteiger partial charge in [0, 0.05) is 34.1 Å². The summed E-state index contributed by atoms with van der Waals surface area (Å²) >= 11 is 12.3. The summed E-state index contributed by atoms with van der Waals surface area (Å²) in [5, 5.41) is 6.52. The Balaban J connectivity index is 1.56. The van der Waals surface area contributed by atoms with Gasteiger partial charge >= 0.3 is 0 Å². The van der Waals surface area contributed by atoms with Crippen molar-refractivity contribution >= 4 is 45.2 Å². The normalized spacial score (nSPS) is 20.8. The molecule has 0 bridgehead atoms. The van der Waals surface area contributed by atoms with Crippen molar-refractivity contribution in [3.8, 4) is 11.5 Å². The van der Waals surface area contributed by atoms with E-state index in [1.807, 2.05) is 37.1 Å². The van der Waals surface area contributed by atoms with Gasteiger partial charge in [-0.3, -0.25) is 5.01 Å². The molecule has 4 rings (SSSR count). The number of aldehydes is 1. The van der Waals surface area contributed by atoms with Crippen molar-refractivity contribution in [2.75, 3.05) is 27.3 Å². The van der Waals surface area contributed by atoms with Gasteiger partial charge in [0.05, 0.1) is 26.0 Å². The van der Waals surface area contributed by atoms with Crippen LogP contribution >= 0.6 is 23.2 Å². The van der Waals surface area contributed by atoms with Gasteiger partial charge in [-0.05, 0) is 54.8 Å². The van der Waals surface area contributed by atoms with Gasteiger partial charge in [-0.15, -0.1) is 6.58 Å². The lowest BCUT2D eigenvalue weighted by Gasteiger charge is -2.39. The molecule has 8 nitrogen and oxygen atoms in total. The van der Waals surface area contributed by atoms with Gasteiger partial charge in [0.25, 0.3) is 0 Å². The largest absolute Gasteiger partial charge is 0.493 e. The number of nitrogens with zero attached hydrogens (tertiary/aromatic N) is 3. The van der Waals surface area contributed by atoms with Crippen LogP contribution in [0.15, 0.2) is 54.2 Å². The third-order valence-electron chi connectivity index (χ3n) is 7.54. The lowest BCUT2D eigenvalue weighted by Crippen LogP contribution is -2.50. The van der Waals surface area contributed by atoms with Crippen LogP contribution in [0.1, 0.15) is 43.1 Å². The predicted octanol–water partition coefficient (Wildman–Crippen LogP) is 5.35. The zero-order chi connectivity index (χ0) is 28.5. The van der Waals surface area contributed by atoms with Gasteiger partial charge in [0.15, 0.2) is 11.5 Å². The monoisotopic (exact) mass is 593 g/mol. The van der Waals surface area contributed by atoms with E-state index in [4.69, 9.17) is 37.8 Å². The highest BCUT2D eigenvalue weighted by atomic mass is 35.5. The number of hydrogen-bond donors (Lipinski definition) is 0. The number of rotatable bonds is 9. The van der Waals surface area contributed by atoms with Crippen LogP contribution in [0.2, 0.25) is 10.0 Å². The van der Waals surface area contributed by atoms with Gasteiger partial charge in [0.1, 0.15) is 17.6 Å². The van der Waals surface area contributed by atoms with E-state index >= 15 is 0 Å². The first-order valence-corrected chi connectivity index (χ1v) is 14.9. The predicted molar refractivity (Wildman–Crippen MR) is 154 cm³/mol. The Bertz CT molecular complexity index is 1370. The number of methoxy groups -OCH3 is 2. The zero-order valence-electron chi connectivity index (χ0n) is 22.4. The molecule has 0 aromatic heterocycles. The van der Waals surface area contributed by atoms with Crippen molar-refractivity contribution in [3.63, 3.8) is 0 Å². The molecule has 39 heavy (non-hydrogen) atoms. The Kier molecular flexibility index (Phi) is 8.66. The summed E-state index contributed by atoms with van der Waals surface area (Å²) in [5.41, 5.74) is 1.49. The molecule has 0 aliphatic carbocycles. The average molecular weight is 595 g/mol. The lowest BCUT2D eigenvalue weighted by atomic mass is 9.78. The van der Waals surface area contributed by atoms with E-state index in [2.05, 4.69) is 6.58 Å². The lowest BCUT2D eigenvalue weighted by molar-refractivity contribution is -0.115. The highest BCUT2D eigenvalue weighted by Crippen LogP contribution is 2.41. The van der Waals surface area contributed by atoms with Crippen molar-refractivity contribution in [2.24, 2.45) is 10.5 Å². The molecule has 2 unspecified atom stereocenters. The van der Waals surface area contributed by atoms with E-state index in [-0.39, 0.29) is 19.1 Å². The van der Waals surface area contributed by atoms with Crippen molar-refractivity contribution in [2.45, 2.75) is 44.0 Å². The summed E-state index contributed by atoms with van der Waals surface area (Å²) in [4.78, 5) is 12.3. The van der Waals surface area contributed by atoms with Gasteiger partial charge in [-0.2, -0.15) is 5.10 Å². The summed E-state index contributed by atoms with van der Waals surface area (Å²) in [7, 11) is -0.620. The molecule has 2 aromatic carbocycles. The number of carbonyl (C=O) groups excluding carboxylic acids is 1. The second-order valence-electron chi connectivity index (χ2n) is 10.2. The highest BCUT2D eigenvalue weighted by Gasteiger charge is 2.48. The first-order valence-electron chi connectivity index (χ1n) is 12.6. The quantitative estimate of drug-likeness (QED) is 0.288. The maximum absolute atomic E-state index is 13.6. The van der Waals surface area contributed by atoms with Crippen molar-refractivity contribution in [1.29, 1.82) is 0 Å². The summed E-state index contributed by atoms with van der Waals surface area (Å²) in [6, 6.07) is 9.72. The molecule has 11 heteroatoms. The minimum atomic E-state index is -3.77. The smallest absolute Gasteiger partial charge is 0.224 e. The second kappa shape index (κ2) is 11.5. The average Bonchev–Trinajstić information content (AvgIpc) is 3.17. The van der Waals surface area contributed by atoms with E-state index in [1.54, 1.807) is 32.4 Å². The molecule has 2 aliphatic heterocycles. The number of hydrogen-bond acceptors (Lipinski definition) is 7. The third kappa shape index (κ3) is 5.55. The van der Waals surface area contributed by atoms with Crippen LogP contribution in [0.5, 0.6) is 11.5 Å². The molecule has 0 amide bonds. The number of sulfonamides is 1. The van der Waals surface area contributed by atoms with Gasteiger partial charge in [0.2, 0.25) is 10.0 Å². The topological polar surface area (TPSA) is 88.5 Å². The molecule has 0 spiro atoms. The Morgan fingerprint density at radius 3 is 2.21 bits per heavy atom. The second-order valence-corrected chi connectivity index (χ2v) is 13.2. The van der Waals surface area contributed by atoms with Gasteiger partial charge < -0.3 is 14.3 Å². The molecule has 1 fully saturated rings. The Morgan fingerprint density at radius 2 is 1.67 bits per heavy atom. The third-order valence-corrected chi connectivity index (χ3v) is 10.2. The van der Waals surface area contributed by atoms with Gasteiger partial charge in [-0.25, -0.2) is 12.7 Å². The van der Waals surface area contributed by atoms with Crippen molar-refractivity contribution in [3.05, 3.63) is 70.2 Å². The van der Waals surface area contributed by atoms with E-state index in [0.717, 1.165) is 17.6 Å². The van der Waals surface area contributed by atoms with Gasteiger partial charge in [-0.1, -0.05) is 43.1 Å². The molecule has 2 aliphatic rings. The molecule has 2 heterocycles. The van der Waals surface area contributed by atoms with E-state index in [9.17, 15) is 13.2 Å². The first kappa shape index (κ1) is 29.4. The van der Waals surface area contributed by atoms with Crippen LogP contribution < -0.4 is 9.47 Å². The number of carbonyl (C=O) groups is 1. The number of benzene rings is 2. The summed E-state index contributed by atoms with van der Waals surface area (Å²) in [6.07, 6.45) is 3.36. The highest BCUT2D eigenvalue weighted by molar-refractivity contribution is 7.89. The van der Waals surface area contributed by atoms with Crippen LogP contribution in [-0.2, 0) is 14.8 Å². The molecule has 2 atom stereocenters. The minimum absolute atomic E-state index is 0.105. The Morgan fingerprint density at radius 1 is 1.05 bits per heavy atom. The van der Waals surface area contributed by atoms with E-state index in [0.29, 0.717) is 39.9 Å². The van der Waals surface area contributed by atoms with Crippen LogP contribution in [0.4, 0.5) is 0 Å². The number of ether oxygens (including phenoxy) is 2. The Hall–Kier alpha value is -2.59. The summed E-state index contributed by atoms with van der Waals surface area (Å²) in [6.45, 7) is 8.32. The molecule has 1 saturated heterocycles. The fourth-order valence-electron chi connectivity index (χ4n) is 5.42. The van der Waals surface area contributed by atoms with Crippen LogP contribution in [-0.4, -0.2) is 69.1 Å². The maximum Gasteiger partial charge on any atom is 0.224 e. The maximum atomic E-state index is 13.6. The summed E-state index contributed by atoms with van der Waals surface area (Å²) in [5.74, 6) is 1.18. The Labute approximate surface area is 240 Å². The SMILES string of the molecule is C=CC(c1cc(Cl)cc(Cl)c1)S(=O)(=O)N1CCC(N2N=C(c3ccc(OC)c(OC)c3)C(C)(C)C2C=O)CC1. The minimum Gasteiger partial charge on any atom is -0.493 e. The molecule has 0 saturated carbocycles. The molecule has 0 radical (unpaired) electrons. The fourth-order valence-corrected chi connectivity index (χ4v) is 7.73. The standard InChI is InChI=1S/C28H33Cl2N3O5S/c1-6-25(19-13-20(29)16-21(30)14-19)39(35,36)32-11-9-22(10-12-32)33-26(17-34)28(2,3)27(31-33)18-7-8-23(37-4)24(15-18)38-5/h6-8,13-17,22,25-26H,1,9-12H2,2-5H3. The number of piperidine rings is 1. The van der Waals surface area contributed by atoms with Crippen LogP contribution in [0.3, 0.4) is 0 Å². The zero-order valence-corrected chi connectivity index (χ0v) is 24.8. The van der Waals surface area contributed by atoms with Crippen LogP contribution in [0, 0.1) is 5.41 Å². The van der Waals surface area contributed by atoms with Crippen molar-refractivity contribution < 1.29 is 22.7 Å². The number of halogens is 2. The molecular weight excluding hydrogens is 561 g/mol. The molecule has 210 valence electrons. The fraction of sp³-hybridized carbons (Fsp3) is 0.429. The number of hydrazone groups is 1. The molecule has 0 N–H and O–H groups in total. The van der Waals surface area contributed by atoms with Crippen LogP contribution in [0.25, 0.3) is 0 Å². The first-order chi connectivity index (χ1) is 18.5. The van der Waals surface area contributed by atoms with E-state index in [1.165, 1.54) is 10.4 Å². The van der Waals surface area contributed by atoms with E-state index < -0.39 is 26.7 Å². The molecular formula is C28H33Cl2N3O5S. The summed E-state index contributed by atoms with van der Waals surface area (Å²) < 4.78 is 39.5.